The lowest BCUT2D eigenvalue weighted by molar-refractivity contribution is 0.0286. The molecule has 1 aromatic rings. The maximum Gasteiger partial charge on any atom is 0.254 e. The monoisotopic (exact) mass is 261 g/mol. The first-order valence-electron chi connectivity index (χ1n) is 6.86. The summed E-state index contributed by atoms with van der Waals surface area (Å²) in [7, 11) is 0. The van der Waals surface area contributed by atoms with Crippen LogP contribution in [-0.2, 0) is 0 Å². The number of aliphatic hydroxyl groups excluding tert-OH is 1. The molecule has 2 unspecified atom stereocenters. The minimum absolute atomic E-state index is 0.0188. The number of fused-ring (bicyclic) bond motifs is 2. The van der Waals surface area contributed by atoms with E-state index in [1.54, 1.807) is 18.2 Å². The predicted molar refractivity (Wildman–Crippen MR) is 71.1 cm³/mol. The summed E-state index contributed by atoms with van der Waals surface area (Å²) in [6, 6.07) is 5.39. The zero-order valence-corrected chi connectivity index (χ0v) is 11.0. The summed E-state index contributed by atoms with van der Waals surface area (Å²) in [4.78, 5) is 14.5. The Balaban J connectivity index is 1.86. The van der Waals surface area contributed by atoms with Gasteiger partial charge in [0.25, 0.3) is 5.91 Å². The summed E-state index contributed by atoms with van der Waals surface area (Å²) >= 11 is 0. The highest BCUT2D eigenvalue weighted by Crippen LogP contribution is 2.37. The first-order valence-corrected chi connectivity index (χ1v) is 6.86. The van der Waals surface area contributed by atoms with Crippen molar-refractivity contribution in [3.05, 3.63) is 29.3 Å². The van der Waals surface area contributed by atoms with E-state index in [1.807, 2.05) is 11.8 Å². The van der Waals surface area contributed by atoms with Crippen molar-refractivity contribution >= 4 is 5.91 Å². The molecule has 102 valence electrons. The zero-order valence-electron chi connectivity index (χ0n) is 11.0. The summed E-state index contributed by atoms with van der Waals surface area (Å²) in [6.45, 7) is 1.81. The van der Waals surface area contributed by atoms with Crippen molar-refractivity contribution in [2.45, 2.75) is 50.8 Å². The van der Waals surface area contributed by atoms with Crippen LogP contribution in [-0.4, -0.2) is 39.2 Å². The van der Waals surface area contributed by atoms with Crippen molar-refractivity contribution in [2.24, 2.45) is 0 Å². The van der Waals surface area contributed by atoms with Crippen molar-refractivity contribution in [1.29, 1.82) is 0 Å². The number of hydrogen-bond acceptors (Lipinski definition) is 3. The third kappa shape index (κ3) is 2.10. The molecule has 0 radical (unpaired) electrons. The molecular weight excluding hydrogens is 242 g/mol. The van der Waals surface area contributed by atoms with Gasteiger partial charge in [0, 0.05) is 17.6 Å². The number of rotatable bonds is 1. The number of nitrogens with zero attached hydrogens (tertiary/aromatic N) is 1. The van der Waals surface area contributed by atoms with Crippen LogP contribution in [0.1, 0.15) is 41.6 Å². The van der Waals surface area contributed by atoms with E-state index in [4.69, 9.17) is 0 Å². The molecule has 0 spiro atoms. The van der Waals surface area contributed by atoms with E-state index in [0.717, 1.165) is 18.4 Å². The van der Waals surface area contributed by atoms with Crippen molar-refractivity contribution in [1.82, 2.24) is 4.90 Å². The minimum atomic E-state index is -0.270. The van der Waals surface area contributed by atoms with Gasteiger partial charge in [0.05, 0.1) is 6.10 Å². The number of amides is 1. The fourth-order valence-corrected chi connectivity index (χ4v) is 3.37. The van der Waals surface area contributed by atoms with Gasteiger partial charge in [-0.25, -0.2) is 0 Å². The molecule has 4 heteroatoms. The van der Waals surface area contributed by atoms with E-state index in [9.17, 15) is 15.0 Å². The molecule has 4 nitrogen and oxygen atoms in total. The first-order chi connectivity index (χ1) is 9.06. The number of aryl methyl sites for hydroxylation is 1. The van der Waals surface area contributed by atoms with E-state index in [2.05, 4.69) is 0 Å². The number of piperidine rings is 1. The van der Waals surface area contributed by atoms with Crippen LogP contribution < -0.4 is 0 Å². The molecule has 2 fully saturated rings. The maximum absolute atomic E-state index is 12.6. The molecule has 2 aliphatic rings. The third-order valence-electron chi connectivity index (χ3n) is 4.40. The molecule has 1 amide bonds. The van der Waals surface area contributed by atoms with Gasteiger partial charge in [-0.1, -0.05) is 6.07 Å². The maximum atomic E-state index is 12.6. The summed E-state index contributed by atoms with van der Waals surface area (Å²) in [6.07, 6.45) is 3.05. The second-order valence-corrected chi connectivity index (χ2v) is 5.72. The summed E-state index contributed by atoms with van der Waals surface area (Å²) in [5.74, 6) is 0.143. The fraction of sp³-hybridized carbons (Fsp3) is 0.533. The third-order valence-corrected chi connectivity index (χ3v) is 4.40. The molecule has 19 heavy (non-hydrogen) atoms. The lowest BCUT2D eigenvalue weighted by atomic mass is 9.98. The number of hydrogen-bond donors (Lipinski definition) is 2. The highest BCUT2D eigenvalue weighted by atomic mass is 16.3. The van der Waals surface area contributed by atoms with Crippen LogP contribution >= 0.6 is 0 Å². The van der Waals surface area contributed by atoms with Gasteiger partial charge in [-0.05, 0) is 50.3 Å². The van der Waals surface area contributed by atoms with Crippen LogP contribution in [0.2, 0.25) is 0 Å². The Bertz CT molecular complexity index is 500. The van der Waals surface area contributed by atoms with Crippen molar-refractivity contribution in [3.8, 4) is 5.75 Å². The number of phenols is 1. The molecule has 2 aliphatic heterocycles. The molecule has 2 atom stereocenters. The van der Waals surface area contributed by atoms with Gasteiger partial charge >= 0.3 is 0 Å². The van der Waals surface area contributed by atoms with Crippen LogP contribution in [0.4, 0.5) is 0 Å². The van der Waals surface area contributed by atoms with Gasteiger partial charge in [-0.3, -0.25) is 4.79 Å². The second-order valence-electron chi connectivity index (χ2n) is 5.72. The number of benzene rings is 1. The summed E-state index contributed by atoms with van der Waals surface area (Å²) in [5, 5.41) is 19.5. The molecule has 2 saturated heterocycles. The number of phenolic OH excluding ortho intramolecular Hbond substituents is 1. The van der Waals surface area contributed by atoms with E-state index in [-0.39, 0.29) is 29.8 Å². The summed E-state index contributed by atoms with van der Waals surface area (Å²) in [5.41, 5.74) is 1.31. The van der Waals surface area contributed by atoms with Gasteiger partial charge in [0.15, 0.2) is 0 Å². The van der Waals surface area contributed by atoms with Gasteiger partial charge in [0.1, 0.15) is 5.75 Å². The van der Waals surface area contributed by atoms with E-state index < -0.39 is 0 Å². The molecule has 0 saturated carbocycles. The Morgan fingerprint density at radius 3 is 2.47 bits per heavy atom. The lowest BCUT2D eigenvalue weighted by Crippen LogP contribution is -2.48. The van der Waals surface area contributed by atoms with Crippen LogP contribution in [0.15, 0.2) is 18.2 Å². The van der Waals surface area contributed by atoms with Crippen LogP contribution in [0.25, 0.3) is 0 Å². The van der Waals surface area contributed by atoms with Crippen LogP contribution in [0.5, 0.6) is 5.75 Å². The Labute approximate surface area is 112 Å². The van der Waals surface area contributed by atoms with E-state index >= 15 is 0 Å². The fourth-order valence-electron chi connectivity index (χ4n) is 3.37. The number of aliphatic hydroxyl groups is 1. The molecule has 3 rings (SSSR count). The summed E-state index contributed by atoms with van der Waals surface area (Å²) < 4.78 is 0. The molecule has 1 aromatic carbocycles. The minimum Gasteiger partial charge on any atom is -0.508 e. The molecule has 2 bridgehead atoms. The molecular formula is C15H19NO3. The largest absolute Gasteiger partial charge is 0.508 e. The Kier molecular flexibility index (Phi) is 2.97. The van der Waals surface area contributed by atoms with Crippen molar-refractivity contribution in [3.63, 3.8) is 0 Å². The molecule has 0 aromatic heterocycles. The molecule has 2 heterocycles. The van der Waals surface area contributed by atoms with Crippen molar-refractivity contribution in [2.75, 3.05) is 0 Å². The second kappa shape index (κ2) is 4.53. The van der Waals surface area contributed by atoms with Crippen LogP contribution in [0, 0.1) is 6.92 Å². The SMILES string of the molecule is Cc1ccc(C(=O)N2C3CCC2CC(O)C3)cc1O. The molecule has 2 N–H and O–H groups in total. The lowest BCUT2D eigenvalue weighted by Gasteiger charge is -2.37. The Morgan fingerprint density at radius 1 is 1.26 bits per heavy atom. The van der Waals surface area contributed by atoms with Crippen molar-refractivity contribution < 1.29 is 15.0 Å². The normalized spacial score (nSPS) is 29.6. The average Bonchev–Trinajstić information content (AvgIpc) is 2.64. The molecule has 0 aliphatic carbocycles. The van der Waals surface area contributed by atoms with Gasteiger partial charge in [-0.2, -0.15) is 0 Å². The average molecular weight is 261 g/mol. The zero-order chi connectivity index (χ0) is 13.6. The number of aromatic hydroxyl groups is 1. The van der Waals surface area contributed by atoms with E-state index in [1.165, 1.54) is 0 Å². The Morgan fingerprint density at radius 2 is 1.89 bits per heavy atom. The highest BCUT2D eigenvalue weighted by Gasteiger charge is 2.42. The smallest absolute Gasteiger partial charge is 0.254 e. The highest BCUT2D eigenvalue weighted by molar-refractivity contribution is 5.95. The number of carbonyl (C=O) groups excluding carboxylic acids is 1. The number of carbonyl (C=O) groups is 1. The van der Waals surface area contributed by atoms with Gasteiger partial charge in [0.2, 0.25) is 0 Å². The van der Waals surface area contributed by atoms with Gasteiger partial charge in [-0.15, -0.1) is 0 Å². The topological polar surface area (TPSA) is 60.8 Å². The Hall–Kier alpha value is -1.55. The predicted octanol–water partition coefficient (Wildman–Crippen LogP) is 1.83. The quantitative estimate of drug-likeness (QED) is 0.810. The van der Waals surface area contributed by atoms with Gasteiger partial charge < -0.3 is 15.1 Å². The van der Waals surface area contributed by atoms with E-state index in [0.29, 0.717) is 18.4 Å². The first kappa shape index (κ1) is 12.5. The van der Waals surface area contributed by atoms with Crippen LogP contribution in [0.3, 0.4) is 0 Å². The standard InChI is InChI=1S/C15H19NO3/c1-9-2-3-10(6-14(9)18)15(19)16-11-4-5-12(16)8-13(17)7-11/h2-3,6,11-13,17-18H,4-5,7-8H2,1H3.